The van der Waals surface area contributed by atoms with Gasteiger partial charge in [-0.25, -0.2) is 0 Å². The number of carbonyl (C=O) groups excluding carboxylic acids is 1. The molecule has 0 spiro atoms. The first-order valence-electron chi connectivity index (χ1n) is 13.3. The zero-order chi connectivity index (χ0) is 28.9. The maximum atomic E-state index is 13.3. The van der Waals surface area contributed by atoms with Gasteiger partial charge in [-0.2, -0.15) is 26.3 Å². The van der Waals surface area contributed by atoms with Gasteiger partial charge >= 0.3 is 12.4 Å². The van der Waals surface area contributed by atoms with E-state index >= 15 is 0 Å². The number of nitrogens with zero attached hydrogens (tertiary/aromatic N) is 1. The minimum Gasteiger partial charge on any atom is -0.351 e. The molecule has 1 fully saturated rings. The third-order valence-electron chi connectivity index (χ3n) is 7.45. The van der Waals surface area contributed by atoms with Crippen molar-refractivity contribution in [3.63, 3.8) is 0 Å². The lowest BCUT2D eigenvalue weighted by Gasteiger charge is -2.33. The number of hydrogen-bond donors (Lipinski definition) is 1. The number of aryl methyl sites for hydroxylation is 1. The van der Waals surface area contributed by atoms with Crippen molar-refractivity contribution >= 4 is 17.2 Å². The molecule has 0 saturated carbocycles. The topological polar surface area (TPSA) is 32.3 Å². The second-order valence-electron chi connectivity index (χ2n) is 10.2. The van der Waals surface area contributed by atoms with Gasteiger partial charge in [0, 0.05) is 11.4 Å². The molecule has 3 nitrogen and oxygen atoms in total. The quantitative estimate of drug-likeness (QED) is 0.259. The summed E-state index contributed by atoms with van der Waals surface area (Å²) in [5, 5.41) is 4.52. The fraction of sp³-hybridized carbons (Fsp3) is 0.433. The highest BCUT2D eigenvalue weighted by atomic mass is 32.1. The van der Waals surface area contributed by atoms with E-state index in [4.69, 9.17) is 0 Å². The first-order valence-corrected chi connectivity index (χ1v) is 14.2. The SMILES string of the molecule is CCc1cc(C(CCN2CCC(c3ccccc3)CC2)C(=O)NCc2cc(C(F)(F)F)cc(C(F)(F)F)c2)cs1. The Hall–Kier alpha value is -2.85. The number of benzene rings is 2. The molecule has 40 heavy (non-hydrogen) atoms. The normalized spacial score (nSPS) is 16.2. The van der Waals surface area contributed by atoms with Crippen LogP contribution in [0.25, 0.3) is 0 Å². The van der Waals surface area contributed by atoms with Crippen LogP contribution in [-0.2, 0) is 30.1 Å². The lowest BCUT2D eigenvalue weighted by atomic mass is 9.89. The molecule has 0 aliphatic carbocycles. The minimum absolute atomic E-state index is 0.0900. The summed E-state index contributed by atoms with van der Waals surface area (Å²) in [4.78, 5) is 16.7. The summed E-state index contributed by atoms with van der Waals surface area (Å²) in [6.45, 7) is 4.02. The van der Waals surface area contributed by atoms with Gasteiger partial charge in [-0.15, -0.1) is 11.3 Å². The smallest absolute Gasteiger partial charge is 0.351 e. The van der Waals surface area contributed by atoms with Crippen LogP contribution in [0.1, 0.15) is 70.7 Å². The van der Waals surface area contributed by atoms with E-state index in [0.29, 0.717) is 31.0 Å². The molecule has 3 aromatic rings. The van der Waals surface area contributed by atoms with Crippen molar-refractivity contribution < 1.29 is 31.1 Å². The summed E-state index contributed by atoms with van der Waals surface area (Å²) >= 11 is 1.53. The van der Waals surface area contributed by atoms with E-state index in [1.807, 2.05) is 36.6 Å². The largest absolute Gasteiger partial charge is 0.416 e. The van der Waals surface area contributed by atoms with E-state index in [0.717, 1.165) is 42.8 Å². The van der Waals surface area contributed by atoms with E-state index in [9.17, 15) is 31.1 Å². The Morgan fingerprint density at radius 3 is 2.15 bits per heavy atom. The summed E-state index contributed by atoms with van der Waals surface area (Å²) in [5.41, 5.74) is -0.900. The van der Waals surface area contributed by atoms with E-state index in [1.54, 1.807) is 0 Å². The van der Waals surface area contributed by atoms with Crippen LogP contribution in [0, 0.1) is 0 Å². The van der Waals surface area contributed by atoms with Gasteiger partial charge in [0.1, 0.15) is 0 Å². The summed E-state index contributed by atoms with van der Waals surface area (Å²) < 4.78 is 79.6. The molecule has 1 aliphatic heterocycles. The highest BCUT2D eigenvalue weighted by Crippen LogP contribution is 2.36. The Bertz CT molecular complexity index is 1230. The number of piperidine rings is 1. The van der Waals surface area contributed by atoms with Gasteiger partial charge in [-0.05, 0) is 97.6 Å². The fourth-order valence-corrected chi connectivity index (χ4v) is 6.07. The second kappa shape index (κ2) is 12.8. The monoisotopic (exact) mass is 582 g/mol. The molecule has 1 N–H and O–H groups in total. The van der Waals surface area contributed by atoms with Crippen LogP contribution in [0.3, 0.4) is 0 Å². The van der Waals surface area contributed by atoms with E-state index < -0.39 is 41.8 Å². The molecule has 1 atom stereocenters. The molecular weight excluding hydrogens is 550 g/mol. The van der Waals surface area contributed by atoms with Crippen LogP contribution in [0.15, 0.2) is 60.0 Å². The Kier molecular flexibility index (Phi) is 9.61. The number of thiophene rings is 1. The lowest BCUT2D eigenvalue weighted by molar-refractivity contribution is -0.143. The number of amides is 1. The van der Waals surface area contributed by atoms with Gasteiger partial charge in [-0.3, -0.25) is 4.79 Å². The van der Waals surface area contributed by atoms with E-state index in [1.165, 1.54) is 16.9 Å². The number of rotatable bonds is 9. The molecule has 10 heteroatoms. The second-order valence-corrected chi connectivity index (χ2v) is 11.2. The first-order chi connectivity index (χ1) is 18.9. The zero-order valence-electron chi connectivity index (χ0n) is 22.1. The Labute approximate surface area is 234 Å². The molecule has 1 saturated heterocycles. The zero-order valence-corrected chi connectivity index (χ0v) is 22.9. The molecule has 4 rings (SSSR count). The summed E-state index contributed by atoms with van der Waals surface area (Å²) in [5.74, 6) is -0.476. The summed E-state index contributed by atoms with van der Waals surface area (Å²) in [6.07, 6.45) is -6.56. The predicted octanol–water partition coefficient (Wildman–Crippen LogP) is 8.02. The van der Waals surface area contributed by atoms with Crippen molar-refractivity contribution in [2.24, 2.45) is 0 Å². The number of halogens is 6. The van der Waals surface area contributed by atoms with Gasteiger partial charge in [0.15, 0.2) is 0 Å². The van der Waals surface area contributed by atoms with Gasteiger partial charge < -0.3 is 10.2 Å². The summed E-state index contributed by atoms with van der Waals surface area (Å²) in [6, 6.07) is 13.7. The van der Waals surface area contributed by atoms with E-state index in [-0.39, 0.29) is 11.6 Å². The molecule has 0 radical (unpaired) electrons. The molecule has 1 aliphatic rings. The van der Waals surface area contributed by atoms with Crippen LogP contribution in [-0.4, -0.2) is 30.4 Å². The van der Waals surface area contributed by atoms with Crippen molar-refractivity contribution in [3.05, 3.63) is 92.7 Å². The standard InChI is InChI=1S/C30H32F6N2OS/c1-2-26-16-23(19-40-26)27(10-13-38-11-8-22(9-12-38)21-6-4-3-5-7-21)28(39)37-18-20-14-24(29(31,32)33)17-25(15-20)30(34,35)36/h3-7,14-17,19,22,27H,2,8-13,18H2,1H3,(H,37,39). The number of alkyl halides is 6. The van der Waals surface area contributed by atoms with Crippen LogP contribution in [0.4, 0.5) is 26.3 Å². The van der Waals surface area contributed by atoms with E-state index in [2.05, 4.69) is 22.3 Å². The lowest BCUT2D eigenvalue weighted by Crippen LogP contribution is -2.36. The number of carbonyl (C=O) groups is 1. The van der Waals surface area contributed by atoms with Crippen molar-refractivity contribution in [1.82, 2.24) is 10.2 Å². The number of likely N-dealkylation sites (tertiary alicyclic amines) is 1. The molecule has 2 aromatic carbocycles. The third-order valence-corrected chi connectivity index (χ3v) is 8.55. The van der Waals surface area contributed by atoms with Gasteiger partial charge in [0.05, 0.1) is 17.0 Å². The first kappa shape index (κ1) is 30.1. The maximum Gasteiger partial charge on any atom is 0.416 e. The third kappa shape index (κ3) is 7.87. The molecule has 1 amide bonds. The predicted molar refractivity (Wildman–Crippen MR) is 144 cm³/mol. The number of nitrogens with one attached hydrogen (secondary N) is 1. The maximum absolute atomic E-state index is 13.3. The fourth-order valence-electron chi connectivity index (χ4n) is 5.18. The number of hydrogen-bond acceptors (Lipinski definition) is 3. The van der Waals surface area contributed by atoms with Crippen LogP contribution in [0.2, 0.25) is 0 Å². The van der Waals surface area contributed by atoms with Crippen molar-refractivity contribution in [2.45, 2.75) is 63.3 Å². The van der Waals surface area contributed by atoms with Crippen molar-refractivity contribution in [2.75, 3.05) is 19.6 Å². The van der Waals surface area contributed by atoms with Crippen LogP contribution in [0.5, 0.6) is 0 Å². The van der Waals surface area contributed by atoms with Gasteiger partial charge in [0.25, 0.3) is 0 Å². The highest BCUT2D eigenvalue weighted by molar-refractivity contribution is 7.10. The molecule has 216 valence electrons. The van der Waals surface area contributed by atoms with Gasteiger partial charge in [0.2, 0.25) is 5.91 Å². The Morgan fingerprint density at radius 1 is 0.975 bits per heavy atom. The molecule has 1 unspecified atom stereocenters. The summed E-state index contributed by atoms with van der Waals surface area (Å²) in [7, 11) is 0. The molecular formula is C30H32F6N2OS. The molecule has 2 heterocycles. The van der Waals surface area contributed by atoms with Crippen LogP contribution < -0.4 is 5.32 Å². The van der Waals surface area contributed by atoms with Crippen molar-refractivity contribution in [1.29, 1.82) is 0 Å². The average Bonchev–Trinajstić information content (AvgIpc) is 3.41. The minimum atomic E-state index is -4.94. The Morgan fingerprint density at radius 2 is 1.60 bits per heavy atom. The molecule has 1 aromatic heterocycles. The average molecular weight is 583 g/mol. The molecule has 0 bridgehead atoms. The van der Waals surface area contributed by atoms with Gasteiger partial charge in [-0.1, -0.05) is 37.3 Å². The van der Waals surface area contributed by atoms with Crippen molar-refractivity contribution in [3.8, 4) is 0 Å². The highest BCUT2D eigenvalue weighted by Gasteiger charge is 2.37. The van der Waals surface area contributed by atoms with Crippen LogP contribution >= 0.6 is 11.3 Å². The Balaban J connectivity index is 1.43.